The van der Waals surface area contributed by atoms with Crippen LogP contribution in [0.15, 0.2) is 5.16 Å². The maximum Gasteiger partial charge on any atom is 0.206 e. The van der Waals surface area contributed by atoms with E-state index < -0.39 is 0 Å². The molecule has 0 aromatic rings. The van der Waals surface area contributed by atoms with Crippen molar-refractivity contribution in [3.05, 3.63) is 0 Å². The summed E-state index contributed by atoms with van der Waals surface area (Å²) in [5.41, 5.74) is 4.71. The maximum absolute atomic E-state index is 7.56. The Kier molecular flexibility index (Phi) is 1.92. The van der Waals surface area contributed by atoms with E-state index in [-0.39, 0.29) is 4.74 Å². The lowest BCUT2D eigenvalue weighted by molar-refractivity contribution is 0.320. The number of halogens is 1. The second kappa shape index (κ2) is 2.02. The molecule has 3 N–H and O–H groups in total. The minimum absolute atomic E-state index is 0.00231. The Bertz CT molecular complexity index is 47.6. The zero-order valence-electron chi connectivity index (χ0n) is 2.35. The summed E-state index contributed by atoms with van der Waals surface area (Å²) in [7, 11) is 0. The average Bonchev–Trinajstić information content (AvgIpc) is 1.38. The molecule has 4 heteroatoms. The molecule has 0 saturated heterocycles. The minimum atomic E-state index is -0.00231. The van der Waals surface area contributed by atoms with E-state index >= 15 is 0 Å². The van der Waals surface area contributed by atoms with Gasteiger partial charge in [0.05, 0.1) is 0 Å². The normalized spacial score (nSPS) is 11.8. The molecule has 0 radical (unpaired) electrons. The highest BCUT2D eigenvalue weighted by Gasteiger charge is 1.68. The van der Waals surface area contributed by atoms with Crippen molar-refractivity contribution in [1.82, 2.24) is 0 Å². The smallest absolute Gasteiger partial charge is 0.206 e. The molecule has 0 atom stereocenters. The van der Waals surface area contributed by atoms with Crippen LogP contribution < -0.4 is 5.73 Å². The molecular weight excluding hydrogens is 136 g/mol. The first-order valence-electron chi connectivity index (χ1n) is 0.901. The molecule has 5 heavy (non-hydrogen) atoms. The Hall–Kier alpha value is -0.250. The maximum atomic E-state index is 7.56. The molecule has 0 aliphatic heterocycles. The fourth-order valence-electron chi connectivity index (χ4n) is 0. The van der Waals surface area contributed by atoms with Crippen LogP contribution in [-0.2, 0) is 0 Å². The molecule has 30 valence electrons. The molecule has 0 aliphatic carbocycles. The van der Waals surface area contributed by atoms with E-state index in [0.29, 0.717) is 0 Å². The van der Waals surface area contributed by atoms with Gasteiger partial charge in [-0.05, 0) is 15.9 Å². The Labute approximate surface area is 37.6 Å². The van der Waals surface area contributed by atoms with Gasteiger partial charge in [-0.15, -0.1) is 0 Å². The molecule has 3 nitrogen and oxygen atoms in total. The third-order valence-corrected chi connectivity index (χ3v) is 0.254. The van der Waals surface area contributed by atoms with Crippen molar-refractivity contribution in [2.24, 2.45) is 10.9 Å². The Morgan fingerprint density at radius 3 is 2.20 bits per heavy atom. The second-order valence-electron chi connectivity index (χ2n) is 0.423. The van der Waals surface area contributed by atoms with Crippen LogP contribution >= 0.6 is 15.9 Å². The van der Waals surface area contributed by atoms with Gasteiger partial charge < -0.3 is 10.9 Å². The number of amidine groups is 1. The lowest BCUT2D eigenvalue weighted by atomic mass is 11.4. The van der Waals surface area contributed by atoms with Crippen LogP contribution in [0.25, 0.3) is 0 Å². The first-order valence-corrected chi connectivity index (χ1v) is 1.69. The largest absolute Gasteiger partial charge is 0.409 e. The number of nitrogens with zero attached hydrogens (tertiary/aromatic N) is 1. The summed E-state index contributed by atoms with van der Waals surface area (Å²) in [6.45, 7) is 0. The fraction of sp³-hybridized carbons (Fsp3) is 0. The van der Waals surface area contributed by atoms with Crippen LogP contribution in [0, 0.1) is 0 Å². The second-order valence-corrected chi connectivity index (χ2v) is 1.24. The van der Waals surface area contributed by atoms with Gasteiger partial charge in [0, 0.05) is 0 Å². The predicted octanol–water partition coefficient (Wildman–Crippen LogP) is 0.0852. The number of hydrogen-bond donors (Lipinski definition) is 2. The Morgan fingerprint density at radius 2 is 2.20 bits per heavy atom. The van der Waals surface area contributed by atoms with E-state index in [0.717, 1.165) is 0 Å². The van der Waals surface area contributed by atoms with Gasteiger partial charge in [-0.25, -0.2) is 0 Å². The van der Waals surface area contributed by atoms with Gasteiger partial charge in [-0.2, -0.15) is 0 Å². The highest BCUT2D eigenvalue weighted by atomic mass is 79.9. The van der Waals surface area contributed by atoms with Gasteiger partial charge in [-0.1, -0.05) is 5.16 Å². The molecule has 0 unspecified atom stereocenters. The SMILES string of the molecule is N/C(Br)=N\O. The number of oxime groups is 1. The summed E-state index contributed by atoms with van der Waals surface area (Å²) in [6, 6.07) is 0. The molecule has 0 aromatic heterocycles. The third-order valence-electron chi connectivity index (χ3n) is 0.0955. The zero-order chi connectivity index (χ0) is 4.28. The van der Waals surface area contributed by atoms with Crippen LogP contribution in [0.1, 0.15) is 0 Å². The number of hydrogen-bond acceptors (Lipinski definition) is 2. The van der Waals surface area contributed by atoms with E-state index in [1.807, 2.05) is 0 Å². The Balaban J connectivity index is 3.14. The van der Waals surface area contributed by atoms with Crippen molar-refractivity contribution >= 4 is 20.7 Å². The zero-order valence-corrected chi connectivity index (χ0v) is 3.94. The van der Waals surface area contributed by atoms with Crippen molar-refractivity contribution in [2.45, 2.75) is 0 Å². The topological polar surface area (TPSA) is 58.6 Å². The van der Waals surface area contributed by atoms with Gasteiger partial charge in [0.25, 0.3) is 0 Å². The molecule has 0 heterocycles. The quantitative estimate of drug-likeness (QED) is 0.164. The van der Waals surface area contributed by atoms with Gasteiger partial charge in [0.2, 0.25) is 4.74 Å². The van der Waals surface area contributed by atoms with Crippen LogP contribution in [0.5, 0.6) is 0 Å². The summed E-state index contributed by atoms with van der Waals surface area (Å²) in [6.07, 6.45) is 0. The monoisotopic (exact) mass is 138 g/mol. The van der Waals surface area contributed by atoms with Gasteiger partial charge >= 0.3 is 0 Å². The molecule has 0 aliphatic rings. The van der Waals surface area contributed by atoms with Gasteiger partial charge in [0.15, 0.2) is 0 Å². The molecule has 0 amide bonds. The van der Waals surface area contributed by atoms with Crippen molar-refractivity contribution < 1.29 is 5.21 Å². The first-order chi connectivity index (χ1) is 2.27. The van der Waals surface area contributed by atoms with Crippen molar-refractivity contribution in [3.63, 3.8) is 0 Å². The van der Waals surface area contributed by atoms with Crippen LogP contribution in [0.2, 0.25) is 0 Å². The average molecular weight is 139 g/mol. The third kappa shape index (κ3) is 3.75. The van der Waals surface area contributed by atoms with E-state index in [4.69, 9.17) is 10.9 Å². The molecule has 0 rings (SSSR count). The van der Waals surface area contributed by atoms with Crippen molar-refractivity contribution in [3.8, 4) is 0 Å². The van der Waals surface area contributed by atoms with Crippen LogP contribution in [0.4, 0.5) is 0 Å². The summed E-state index contributed by atoms with van der Waals surface area (Å²) < 4.78 is -0.00231. The van der Waals surface area contributed by atoms with Gasteiger partial charge in [0.1, 0.15) is 0 Å². The molecule has 0 fully saturated rings. The minimum Gasteiger partial charge on any atom is -0.409 e. The number of nitrogens with two attached hydrogens (primary N) is 1. The molecular formula is CH3BrN2O. The fourth-order valence-corrected chi connectivity index (χ4v) is 0. The summed E-state index contributed by atoms with van der Waals surface area (Å²) in [5.74, 6) is 0. The number of rotatable bonds is 0. The lowest BCUT2D eigenvalue weighted by Gasteiger charge is -1.71. The van der Waals surface area contributed by atoms with Gasteiger partial charge in [-0.3, -0.25) is 0 Å². The Morgan fingerprint density at radius 1 is 2.00 bits per heavy atom. The van der Waals surface area contributed by atoms with Crippen LogP contribution in [-0.4, -0.2) is 9.95 Å². The van der Waals surface area contributed by atoms with E-state index in [1.165, 1.54) is 0 Å². The summed E-state index contributed by atoms with van der Waals surface area (Å²) in [5, 5.41) is 10.1. The van der Waals surface area contributed by atoms with Crippen molar-refractivity contribution in [1.29, 1.82) is 0 Å². The first kappa shape index (κ1) is 4.75. The highest BCUT2D eigenvalue weighted by Crippen LogP contribution is 1.72. The summed E-state index contributed by atoms with van der Waals surface area (Å²) >= 11 is 2.65. The molecule has 0 saturated carbocycles. The summed E-state index contributed by atoms with van der Waals surface area (Å²) in [4.78, 5) is 0. The highest BCUT2D eigenvalue weighted by molar-refractivity contribution is 9.18. The predicted molar refractivity (Wildman–Crippen MR) is 22.3 cm³/mol. The van der Waals surface area contributed by atoms with E-state index in [9.17, 15) is 0 Å². The molecule has 0 bridgehead atoms. The molecule has 0 spiro atoms. The van der Waals surface area contributed by atoms with E-state index in [2.05, 4.69) is 21.1 Å². The van der Waals surface area contributed by atoms with Crippen LogP contribution in [0.3, 0.4) is 0 Å². The molecule has 0 aromatic carbocycles. The van der Waals surface area contributed by atoms with Crippen molar-refractivity contribution in [2.75, 3.05) is 0 Å². The lowest BCUT2D eigenvalue weighted by Crippen LogP contribution is -1.98. The van der Waals surface area contributed by atoms with E-state index in [1.54, 1.807) is 0 Å². The standard InChI is InChI=1S/CH3BrN2O/c2-1(3)4-5/h5H,(H2,3,4).